The molecule has 61 heteroatoms. The minimum Gasteiger partial charge on any atom is -0.479 e. The first kappa shape index (κ1) is 106. The van der Waals surface area contributed by atoms with Gasteiger partial charge in [-0.15, -0.1) is 0 Å². The van der Waals surface area contributed by atoms with Gasteiger partial charge >= 0.3 is 29.8 Å². The number of nitrogens with one attached hydrogen (secondary N) is 5. The molecule has 10 heterocycles. The molecule has 0 bridgehead atoms. The number of aliphatic hydroxyl groups is 22. The van der Waals surface area contributed by atoms with Crippen LogP contribution < -0.4 is 26.6 Å². The second-order valence-electron chi connectivity index (χ2n) is 31.9. The highest BCUT2D eigenvalue weighted by atomic mass is 16.8. The number of hydrogen-bond donors (Lipinski definition) is 32. The van der Waals surface area contributed by atoms with Gasteiger partial charge in [-0.25, -0.2) is 24.0 Å². The summed E-state index contributed by atoms with van der Waals surface area (Å²) in [5, 5.41) is 309. The van der Waals surface area contributed by atoms with Crippen molar-refractivity contribution in [1.82, 2.24) is 26.6 Å². The van der Waals surface area contributed by atoms with E-state index in [0.717, 1.165) is 34.6 Å². The van der Waals surface area contributed by atoms with Gasteiger partial charge in [0.05, 0.1) is 33.0 Å². The monoisotopic (exact) mass is 1910 g/mol. The summed E-state index contributed by atoms with van der Waals surface area (Å²) in [6.07, 6.45) is -107. The molecule has 10 fully saturated rings. The van der Waals surface area contributed by atoms with Gasteiger partial charge in [0.1, 0.15) is 213 Å². The van der Waals surface area contributed by atoms with Gasteiger partial charge < -0.3 is 254 Å². The summed E-state index contributed by atoms with van der Waals surface area (Å²) in [6, 6.07) is -10.3. The molecule has 748 valence electrons. The third-order valence-electron chi connectivity index (χ3n) is 22.7. The van der Waals surface area contributed by atoms with Gasteiger partial charge in [0.2, 0.25) is 29.5 Å². The van der Waals surface area contributed by atoms with Crippen molar-refractivity contribution < 1.29 is 276 Å². The number of carboxylic acids is 5. The van der Waals surface area contributed by atoms with E-state index in [2.05, 4.69) is 26.6 Å². The van der Waals surface area contributed by atoms with Crippen LogP contribution in [0.2, 0.25) is 0 Å². The Bertz CT molecular complexity index is 3890. The molecule has 32 N–H and O–H groups in total. The highest BCUT2D eigenvalue weighted by molar-refractivity contribution is 5.77. The second kappa shape index (κ2) is 44.9. The zero-order chi connectivity index (χ0) is 97.1. The topological polar surface area (TPSA) is 952 Å². The summed E-state index contributed by atoms with van der Waals surface area (Å²) in [7, 11) is 0. The zero-order valence-electron chi connectivity index (χ0n) is 68.8. The average Bonchev–Trinajstić information content (AvgIpc) is 0.752. The largest absolute Gasteiger partial charge is 0.479 e. The molecule has 0 radical (unpaired) electrons. The summed E-state index contributed by atoms with van der Waals surface area (Å²) in [5.74, 6) is -15.6. The number of hydrogen-bond acceptors (Lipinski definition) is 51. The minimum absolute atomic E-state index is 0.795. The molecule has 61 nitrogen and oxygen atoms in total. The highest BCUT2D eigenvalue weighted by Gasteiger charge is 2.64. The number of carbonyl (C=O) groups excluding carboxylic acids is 5. The molecule has 0 unspecified atom stereocenters. The van der Waals surface area contributed by atoms with Gasteiger partial charge in [0, 0.05) is 34.6 Å². The molecule has 0 aliphatic carbocycles. The van der Waals surface area contributed by atoms with Crippen LogP contribution >= 0.6 is 0 Å². The number of ether oxygens (including phenoxy) is 19. The molecule has 0 saturated carbocycles. The molecule has 5 amide bonds. The van der Waals surface area contributed by atoms with Crippen molar-refractivity contribution in [3.63, 3.8) is 0 Å². The van der Waals surface area contributed by atoms with Crippen molar-refractivity contribution in [1.29, 1.82) is 0 Å². The van der Waals surface area contributed by atoms with E-state index in [1.165, 1.54) is 0 Å². The van der Waals surface area contributed by atoms with E-state index >= 15 is 0 Å². The Morgan fingerprint density at radius 3 is 0.580 bits per heavy atom. The number of aliphatic hydroxyl groups excluding tert-OH is 22. The van der Waals surface area contributed by atoms with Gasteiger partial charge in [-0.1, -0.05) is 0 Å². The third kappa shape index (κ3) is 23.2. The van der Waals surface area contributed by atoms with Crippen molar-refractivity contribution in [3.05, 3.63) is 0 Å². The minimum atomic E-state index is -2.74. The molecule has 10 aliphatic rings. The summed E-state index contributed by atoms with van der Waals surface area (Å²) in [4.78, 5) is 129. The molecule has 50 atom stereocenters. The van der Waals surface area contributed by atoms with Crippen molar-refractivity contribution in [2.24, 2.45) is 0 Å². The van der Waals surface area contributed by atoms with Crippen LogP contribution in [0.25, 0.3) is 0 Å². The fourth-order valence-corrected chi connectivity index (χ4v) is 16.3. The smallest absolute Gasteiger partial charge is 0.335 e. The van der Waals surface area contributed by atoms with E-state index in [0.29, 0.717) is 0 Å². The fraction of sp³-hybridized carbons (Fsp3) is 0.857. The van der Waals surface area contributed by atoms with Crippen LogP contribution in [0.1, 0.15) is 34.6 Å². The van der Waals surface area contributed by atoms with Crippen LogP contribution in [-0.2, 0) is 138 Å². The summed E-state index contributed by atoms with van der Waals surface area (Å²) in [6.45, 7) is -1.83. The maximum atomic E-state index is 13.4. The number of amides is 5. The molecule has 10 rings (SSSR count). The van der Waals surface area contributed by atoms with Crippen LogP contribution in [0.4, 0.5) is 0 Å². The molecule has 0 aromatic heterocycles. The molecule has 0 aromatic rings. The van der Waals surface area contributed by atoms with E-state index in [9.17, 15) is 186 Å². The zero-order valence-corrected chi connectivity index (χ0v) is 68.8. The van der Waals surface area contributed by atoms with Crippen LogP contribution in [0.15, 0.2) is 0 Å². The molecule has 10 aliphatic heterocycles. The van der Waals surface area contributed by atoms with Crippen molar-refractivity contribution in [3.8, 4) is 0 Å². The number of carbonyl (C=O) groups is 10. The van der Waals surface area contributed by atoms with Crippen molar-refractivity contribution in [2.45, 2.75) is 341 Å². The van der Waals surface area contributed by atoms with Gasteiger partial charge in [0.15, 0.2) is 93.4 Å². The predicted octanol–water partition coefficient (Wildman–Crippen LogP) is -21.6. The maximum absolute atomic E-state index is 13.4. The number of aliphatic carboxylic acids is 5. The highest BCUT2D eigenvalue weighted by Crippen LogP contribution is 2.42. The Hall–Kier alpha value is -6.94. The van der Waals surface area contributed by atoms with Crippen LogP contribution in [0, 0.1) is 0 Å². The Morgan fingerprint density at radius 1 is 0.206 bits per heavy atom. The Kier molecular flexibility index (Phi) is 36.4. The van der Waals surface area contributed by atoms with E-state index in [4.69, 9.17) is 90.0 Å². The summed E-state index contributed by atoms with van der Waals surface area (Å²) in [5.41, 5.74) is 0. The van der Waals surface area contributed by atoms with Gasteiger partial charge in [-0.3, -0.25) is 24.0 Å². The third-order valence-corrected chi connectivity index (χ3v) is 22.7. The Balaban J connectivity index is 0.849. The fourth-order valence-electron chi connectivity index (χ4n) is 16.3. The van der Waals surface area contributed by atoms with Gasteiger partial charge in [-0.05, 0) is 0 Å². The molecular weight excluding hydrogens is 1810 g/mol. The van der Waals surface area contributed by atoms with E-state index in [1.54, 1.807) is 0 Å². The first-order chi connectivity index (χ1) is 61.5. The lowest BCUT2D eigenvalue weighted by molar-refractivity contribution is -0.382. The van der Waals surface area contributed by atoms with Crippen LogP contribution in [0.3, 0.4) is 0 Å². The molecular formula is C70H107N5O56. The quantitative estimate of drug-likeness (QED) is 0.0290. The maximum Gasteiger partial charge on any atom is 0.335 e. The lowest BCUT2D eigenvalue weighted by Crippen LogP contribution is -2.72. The molecule has 0 spiro atoms. The number of rotatable bonds is 33. The predicted molar refractivity (Wildman–Crippen MR) is 390 cm³/mol. The second-order valence-corrected chi connectivity index (χ2v) is 31.9. The molecule has 131 heavy (non-hydrogen) atoms. The van der Waals surface area contributed by atoms with E-state index < -0.39 is 399 Å². The van der Waals surface area contributed by atoms with Crippen molar-refractivity contribution in [2.75, 3.05) is 33.0 Å². The van der Waals surface area contributed by atoms with E-state index in [1.807, 2.05) is 0 Å². The van der Waals surface area contributed by atoms with Crippen LogP contribution in [0.5, 0.6) is 0 Å². The van der Waals surface area contributed by atoms with Gasteiger partial charge in [-0.2, -0.15) is 0 Å². The molecule has 0 aromatic carbocycles. The average molecular weight is 1910 g/mol. The SMILES string of the molecule is CC(=O)N[C@H]1[C@H](O[C@H]2[C@H](O)[C@@H](O)[C@H](O[C@H]3[C@H](O)[C@@H](CO)O[C@@H](O[C@H]4[C@H](O)[C@@H](O)[C@H](O[C@H]5[C@H](O)[C@@H](CO)O[C@@H](O[C@H]6[C@H](O)[C@@H](O)[C@H](O[C@H]7[C@H](O)[C@@H](CO)O[C@@H](O[C@H]8[C@H](O)[C@@H](O)[C@H](O[C@H]9[C@H](O)[C@@H](CO)O[C@@H](O[C@H]%10[C@H](O)[C@@H](O)[C@H](O)O[C@@H]%10C(=O)O)[C@@H]9NC(C)=O)O[C@@H]8C(=O)O)[C@@H]7NC(C)=O)O[C@@H]6C(=O)O)[C@@H]5NC(C)=O)O[C@@H]4C(=O)O)[C@@H]3NC(C)=O)O[C@@H]2C(=O)O)O[C@H](CO)[C@@H](O)[C@@H]1O. The van der Waals surface area contributed by atoms with Crippen LogP contribution in [-0.4, -0.2) is 537 Å². The normalized spacial score (nSPS) is 46.9. The van der Waals surface area contributed by atoms with Crippen molar-refractivity contribution >= 4 is 59.4 Å². The lowest BCUT2D eigenvalue weighted by atomic mass is 9.93. The molecule has 10 saturated heterocycles. The Labute approximate surface area is 734 Å². The first-order valence-electron chi connectivity index (χ1n) is 40.1. The number of carboxylic acid groups (broad SMARTS) is 5. The summed E-state index contributed by atoms with van der Waals surface area (Å²) >= 11 is 0. The van der Waals surface area contributed by atoms with Gasteiger partial charge in [0.25, 0.3) is 0 Å². The standard InChI is InChI=1S/C70H107N5O56/c1-11(81)71-21-31(91)26(86)16(6-76)113-62(21)123-47-33(93)38(98)67(128-52(47)57(104)105)120-43-23(73-13(3)83)64(115-18(8-78)28(43)88)125-49-35(95)40(100)69(130-54(49)59(108)109)122-45-25(75-15(5)85)66(117-20(10-80)30(45)90)127-50-36(96)41(101)70(131-55(50)60(110)111)121-44-24(74-14(4)84)65(116-19(9-79)29(44)89)126-48-34(94)39(99)68(129-53(48)58(106)107)119-42-22(72-12(2)82)63(114-17(7-77)27(42)87)124-46-32(92)37(97)61(112)118-51(46)56(102)103/h16-55,61-70,76-80,86-101,112H,6-10H2,1-5H3,(H,71,81)(H,72,82)(H,73,83)(H,74,84)(H,75,85)(H,102,103)(H,104,105)(H,106,107)(H,108,109)(H,110,111)/t16-,17-,18-,19-,20-,21-,22-,23-,24-,25-,26-,27-,28-,29-,30-,31-,32-,33-,34-,35-,36-,37-,38-,39-,40-,41-,42-,43-,44-,45-,46+,47+,48+,49+,50+,51+,52+,53+,54+,55+,61-,62+,63+,64+,65+,66+,67-,68-,69-,70-/m1/s1. The Morgan fingerprint density at radius 2 is 0.382 bits per heavy atom. The van der Waals surface area contributed by atoms with E-state index in [-0.39, 0.29) is 0 Å². The summed E-state index contributed by atoms with van der Waals surface area (Å²) < 4.78 is 108. The first-order valence-corrected chi connectivity index (χ1v) is 40.1. The lowest BCUT2D eigenvalue weighted by Gasteiger charge is -2.51.